The minimum atomic E-state index is -4.58. The molecule has 4 aromatic rings. The zero-order valence-electron chi connectivity index (χ0n) is 20.4. The second-order valence-corrected chi connectivity index (χ2v) is 8.61. The van der Waals surface area contributed by atoms with Crippen molar-refractivity contribution in [1.82, 2.24) is 29.2 Å². The lowest BCUT2D eigenvalue weighted by Gasteiger charge is -2.24. The van der Waals surface area contributed by atoms with E-state index in [9.17, 15) is 27.6 Å². The van der Waals surface area contributed by atoms with Crippen LogP contribution in [0.4, 0.5) is 30.5 Å². The number of hydrogen-bond acceptors (Lipinski definition) is 10. The van der Waals surface area contributed by atoms with Crippen LogP contribution in [-0.2, 0) is 24.6 Å². The standard InChI is InChI=1S/C23H20F3N9O4/c1-12(20(36)31-17-9-27-8-15(30-17)13-3-4-16(28-7-13)23(24,25)26)35-11-29-19-18(35)21(37)34(22(38)33(19)2)10-14-5-6-39-32-14/h3-9,12,29H,10-11H2,1-2H3,(H,30,31,36)/t12-/m0/s1. The first kappa shape index (κ1) is 25.6. The van der Waals surface area contributed by atoms with E-state index >= 15 is 0 Å². The third kappa shape index (κ3) is 4.83. The van der Waals surface area contributed by atoms with Gasteiger partial charge in [-0.3, -0.25) is 28.7 Å². The van der Waals surface area contributed by atoms with Crippen LogP contribution in [0.15, 0.2) is 57.2 Å². The molecule has 0 aromatic carbocycles. The minimum Gasteiger partial charge on any atom is -0.364 e. The normalized spacial score (nSPS) is 13.6. The summed E-state index contributed by atoms with van der Waals surface area (Å²) in [5.74, 6) is -0.240. The fourth-order valence-electron chi connectivity index (χ4n) is 4.05. The lowest BCUT2D eigenvalue weighted by molar-refractivity contribution is -0.141. The quantitative estimate of drug-likeness (QED) is 0.367. The van der Waals surface area contributed by atoms with Gasteiger partial charge < -0.3 is 20.1 Å². The number of anilines is 3. The summed E-state index contributed by atoms with van der Waals surface area (Å²) in [5.41, 5.74) is -1.27. The summed E-state index contributed by atoms with van der Waals surface area (Å²) in [4.78, 5) is 52.4. The van der Waals surface area contributed by atoms with Gasteiger partial charge in [0.25, 0.3) is 5.56 Å². The van der Waals surface area contributed by atoms with E-state index in [1.165, 1.54) is 47.3 Å². The van der Waals surface area contributed by atoms with E-state index < -0.39 is 35.1 Å². The zero-order valence-corrected chi connectivity index (χ0v) is 20.4. The molecule has 0 radical (unpaired) electrons. The van der Waals surface area contributed by atoms with E-state index in [1.807, 2.05) is 0 Å². The van der Waals surface area contributed by atoms with Crippen molar-refractivity contribution in [2.24, 2.45) is 7.05 Å². The van der Waals surface area contributed by atoms with Crippen LogP contribution in [0, 0.1) is 0 Å². The van der Waals surface area contributed by atoms with Crippen molar-refractivity contribution in [2.75, 3.05) is 22.2 Å². The Morgan fingerprint density at radius 2 is 2.00 bits per heavy atom. The molecule has 0 saturated heterocycles. The number of rotatable bonds is 6. The van der Waals surface area contributed by atoms with E-state index in [0.29, 0.717) is 5.69 Å². The Kier molecular flexibility index (Phi) is 6.37. The molecule has 0 saturated carbocycles. The summed E-state index contributed by atoms with van der Waals surface area (Å²) < 4.78 is 45.5. The van der Waals surface area contributed by atoms with Crippen LogP contribution in [-0.4, -0.2) is 47.9 Å². The van der Waals surface area contributed by atoms with Gasteiger partial charge in [-0.15, -0.1) is 0 Å². The number of carbonyl (C=O) groups is 1. The number of hydrogen-bond donors (Lipinski definition) is 2. The van der Waals surface area contributed by atoms with Gasteiger partial charge in [0.15, 0.2) is 5.82 Å². The van der Waals surface area contributed by atoms with Crippen LogP contribution in [0.1, 0.15) is 18.3 Å². The summed E-state index contributed by atoms with van der Waals surface area (Å²) in [6.45, 7) is 1.52. The predicted octanol–water partition coefficient (Wildman–Crippen LogP) is 1.67. The average Bonchev–Trinajstić information content (AvgIpc) is 3.60. The molecule has 0 bridgehead atoms. The smallest absolute Gasteiger partial charge is 0.364 e. The lowest BCUT2D eigenvalue weighted by atomic mass is 10.2. The van der Waals surface area contributed by atoms with Crippen LogP contribution < -0.4 is 26.8 Å². The van der Waals surface area contributed by atoms with Gasteiger partial charge in [-0.2, -0.15) is 13.2 Å². The largest absolute Gasteiger partial charge is 0.433 e. The number of amides is 1. The highest BCUT2D eigenvalue weighted by atomic mass is 19.4. The number of fused-ring (bicyclic) bond motifs is 1. The van der Waals surface area contributed by atoms with Crippen molar-refractivity contribution in [3.8, 4) is 11.3 Å². The van der Waals surface area contributed by atoms with Crippen LogP contribution in [0.5, 0.6) is 0 Å². The second kappa shape index (κ2) is 9.70. The maximum Gasteiger partial charge on any atom is 0.433 e. The van der Waals surface area contributed by atoms with Crippen LogP contribution in [0.2, 0.25) is 0 Å². The molecule has 16 heteroatoms. The van der Waals surface area contributed by atoms with Gasteiger partial charge in [0, 0.05) is 24.9 Å². The molecule has 0 spiro atoms. The second-order valence-electron chi connectivity index (χ2n) is 8.61. The van der Waals surface area contributed by atoms with Gasteiger partial charge >= 0.3 is 11.9 Å². The Labute approximate surface area is 216 Å². The van der Waals surface area contributed by atoms with Crippen molar-refractivity contribution >= 4 is 23.2 Å². The molecule has 5 heterocycles. The van der Waals surface area contributed by atoms with Crippen LogP contribution >= 0.6 is 0 Å². The van der Waals surface area contributed by atoms with Gasteiger partial charge in [0.05, 0.1) is 31.3 Å². The molecule has 5 rings (SSSR count). The molecular formula is C23H20F3N9O4. The first-order valence-corrected chi connectivity index (χ1v) is 11.4. The van der Waals surface area contributed by atoms with E-state index in [2.05, 4.69) is 30.7 Å². The number of carbonyl (C=O) groups excluding carboxylic acids is 1. The van der Waals surface area contributed by atoms with Crippen molar-refractivity contribution < 1.29 is 22.5 Å². The summed E-state index contributed by atoms with van der Waals surface area (Å²) >= 11 is 0. The monoisotopic (exact) mass is 543 g/mol. The molecule has 4 aromatic heterocycles. The molecule has 39 heavy (non-hydrogen) atoms. The summed E-state index contributed by atoms with van der Waals surface area (Å²) in [5, 5.41) is 9.33. The number of nitrogens with zero attached hydrogens (tertiary/aromatic N) is 7. The molecule has 13 nitrogen and oxygen atoms in total. The fraction of sp³-hybridized carbons (Fsp3) is 0.261. The van der Waals surface area contributed by atoms with E-state index in [1.54, 1.807) is 6.92 Å². The molecule has 0 fully saturated rings. The Morgan fingerprint density at radius 1 is 1.21 bits per heavy atom. The van der Waals surface area contributed by atoms with Crippen molar-refractivity contribution in [1.29, 1.82) is 0 Å². The highest BCUT2D eigenvalue weighted by Crippen LogP contribution is 2.29. The molecule has 202 valence electrons. The molecule has 1 atom stereocenters. The third-order valence-corrected chi connectivity index (χ3v) is 6.12. The molecule has 2 N–H and O–H groups in total. The molecular weight excluding hydrogens is 523 g/mol. The highest BCUT2D eigenvalue weighted by Gasteiger charge is 2.34. The Bertz CT molecular complexity index is 1650. The molecule has 1 amide bonds. The van der Waals surface area contributed by atoms with Crippen molar-refractivity contribution in [2.45, 2.75) is 25.7 Å². The SMILES string of the molecule is C[C@@H](C(=O)Nc1cncc(-c2ccc(C(F)(F)F)nc2)n1)N1CNc2c1c(=O)n(Cc1ccon1)c(=O)n2C. The fourth-order valence-corrected chi connectivity index (χ4v) is 4.05. The summed E-state index contributed by atoms with van der Waals surface area (Å²) in [6.07, 6.45) is 0.357. The Balaban J connectivity index is 1.38. The number of aromatic nitrogens is 6. The third-order valence-electron chi connectivity index (χ3n) is 6.12. The minimum absolute atomic E-state index is 0.0422. The van der Waals surface area contributed by atoms with E-state index in [0.717, 1.165) is 16.8 Å². The van der Waals surface area contributed by atoms with Crippen molar-refractivity contribution in [3.05, 3.63) is 75.3 Å². The Morgan fingerprint density at radius 3 is 2.67 bits per heavy atom. The number of pyridine rings is 1. The molecule has 0 unspecified atom stereocenters. The van der Waals surface area contributed by atoms with Gasteiger partial charge in [0.1, 0.15) is 35.2 Å². The summed E-state index contributed by atoms with van der Waals surface area (Å²) in [7, 11) is 1.50. The zero-order chi connectivity index (χ0) is 27.9. The van der Waals surface area contributed by atoms with Crippen LogP contribution in [0.25, 0.3) is 11.3 Å². The van der Waals surface area contributed by atoms with Gasteiger partial charge in [-0.1, -0.05) is 5.16 Å². The molecule has 1 aliphatic heterocycles. The number of nitrogens with one attached hydrogen (secondary N) is 2. The lowest BCUT2D eigenvalue weighted by Crippen LogP contribution is -2.46. The summed E-state index contributed by atoms with van der Waals surface area (Å²) in [6, 6.07) is 2.66. The highest BCUT2D eigenvalue weighted by molar-refractivity contribution is 5.97. The predicted molar refractivity (Wildman–Crippen MR) is 131 cm³/mol. The van der Waals surface area contributed by atoms with E-state index in [-0.39, 0.29) is 41.8 Å². The molecule has 1 aliphatic rings. The topological polar surface area (TPSA) is 153 Å². The first-order valence-electron chi connectivity index (χ1n) is 11.4. The van der Waals surface area contributed by atoms with Crippen molar-refractivity contribution in [3.63, 3.8) is 0 Å². The average molecular weight is 543 g/mol. The van der Waals surface area contributed by atoms with Crippen LogP contribution in [0.3, 0.4) is 0 Å². The number of halogens is 3. The van der Waals surface area contributed by atoms with Gasteiger partial charge in [0.2, 0.25) is 5.91 Å². The first-order chi connectivity index (χ1) is 18.5. The van der Waals surface area contributed by atoms with E-state index in [4.69, 9.17) is 4.52 Å². The maximum absolute atomic E-state index is 13.3. The van der Waals surface area contributed by atoms with Gasteiger partial charge in [-0.25, -0.2) is 9.78 Å². The maximum atomic E-state index is 13.3. The Hall–Kier alpha value is -5.02. The van der Waals surface area contributed by atoms with Gasteiger partial charge in [-0.05, 0) is 19.1 Å². The molecule has 0 aliphatic carbocycles. The number of alkyl halides is 3.